The van der Waals surface area contributed by atoms with Gasteiger partial charge in [0.25, 0.3) is 0 Å². The third kappa shape index (κ3) is 4.89. The number of thiazole rings is 1. The van der Waals surface area contributed by atoms with Crippen LogP contribution in [-0.4, -0.2) is 35.0 Å². The fraction of sp³-hybridized carbons (Fsp3) is 0.500. The van der Waals surface area contributed by atoms with E-state index in [1.54, 1.807) is 11.3 Å². The van der Waals surface area contributed by atoms with Gasteiger partial charge >= 0.3 is 0 Å². The number of hydrogen-bond acceptors (Lipinski definition) is 4. The van der Waals surface area contributed by atoms with E-state index in [-0.39, 0.29) is 12.0 Å². The molecule has 0 radical (unpaired) electrons. The van der Waals surface area contributed by atoms with Crippen LogP contribution < -0.4 is 0 Å². The molecule has 5 heteroatoms. The quantitative estimate of drug-likeness (QED) is 0.788. The topological polar surface area (TPSA) is 42.4 Å². The summed E-state index contributed by atoms with van der Waals surface area (Å²) in [6.07, 6.45) is 2.65. The summed E-state index contributed by atoms with van der Waals surface area (Å²) in [4.78, 5) is 20.6. The van der Waals surface area contributed by atoms with Crippen LogP contribution in [0.2, 0.25) is 0 Å². The Labute approximate surface area is 153 Å². The molecular formula is C20H26N2O2S. The van der Waals surface area contributed by atoms with Crippen molar-refractivity contribution >= 4 is 17.2 Å². The summed E-state index contributed by atoms with van der Waals surface area (Å²) in [5.41, 5.74) is 3.29. The minimum atomic E-state index is 0.130. The highest BCUT2D eigenvalue weighted by Gasteiger charge is 2.24. The molecule has 4 nitrogen and oxygen atoms in total. The van der Waals surface area contributed by atoms with Gasteiger partial charge in [-0.3, -0.25) is 4.79 Å². The molecule has 0 saturated carbocycles. The molecule has 1 aliphatic rings. The highest BCUT2D eigenvalue weighted by Crippen LogP contribution is 2.20. The molecule has 1 saturated heterocycles. The van der Waals surface area contributed by atoms with E-state index < -0.39 is 0 Å². The van der Waals surface area contributed by atoms with Crippen molar-refractivity contribution in [2.45, 2.75) is 52.7 Å². The predicted octanol–water partition coefficient (Wildman–Crippen LogP) is 3.82. The number of amides is 1. The molecule has 0 spiro atoms. The summed E-state index contributed by atoms with van der Waals surface area (Å²) < 4.78 is 5.77. The monoisotopic (exact) mass is 358 g/mol. The fourth-order valence-electron chi connectivity index (χ4n) is 3.31. The number of carbonyl (C=O) groups excluding carboxylic acids is 1. The number of carbonyl (C=O) groups is 1. The Morgan fingerprint density at radius 3 is 2.84 bits per heavy atom. The number of hydrogen-bond donors (Lipinski definition) is 0. The van der Waals surface area contributed by atoms with E-state index in [0.717, 1.165) is 40.6 Å². The van der Waals surface area contributed by atoms with Gasteiger partial charge in [0.2, 0.25) is 5.91 Å². The van der Waals surface area contributed by atoms with E-state index in [0.29, 0.717) is 19.5 Å². The second-order valence-electron chi connectivity index (χ2n) is 6.81. The van der Waals surface area contributed by atoms with Crippen LogP contribution >= 0.6 is 11.3 Å². The first-order chi connectivity index (χ1) is 12.0. The van der Waals surface area contributed by atoms with Gasteiger partial charge in [0.1, 0.15) is 0 Å². The zero-order valence-electron chi connectivity index (χ0n) is 15.2. The summed E-state index contributed by atoms with van der Waals surface area (Å²) in [6, 6.07) is 8.36. The number of aryl methyl sites for hydroxylation is 3. The lowest BCUT2D eigenvalue weighted by atomic mass is 10.1. The van der Waals surface area contributed by atoms with E-state index in [2.05, 4.69) is 30.1 Å². The first-order valence-corrected chi connectivity index (χ1v) is 9.71. The SMILES string of the molecule is Cc1cccc(CN(CC2CCCO2)C(=O)Cc2nc(C)sc2C)c1. The van der Waals surface area contributed by atoms with Crippen molar-refractivity contribution in [3.8, 4) is 0 Å². The number of aromatic nitrogens is 1. The van der Waals surface area contributed by atoms with E-state index >= 15 is 0 Å². The smallest absolute Gasteiger partial charge is 0.229 e. The van der Waals surface area contributed by atoms with E-state index in [1.807, 2.05) is 24.8 Å². The van der Waals surface area contributed by atoms with Crippen LogP contribution in [0.5, 0.6) is 0 Å². The van der Waals surface area contributed by atoms with Crippen LogP contribution in [0.15, 0.2) is 24.3 Å². The van der Waals surface area contributed by atoms with Crippen LogP contribution in [0.25, 0.3) is 0 Å². The molecule has 25 heavy (non-hydrogen) atoms. The van der Waals surface area contributed by atoms with Crippen molar-refractivity contribution in [2.24, 2.45) is 0 Å². The van der Waals surface area contributed by atoms with Gasteiger partial charge in [0, 0.05) is 24.6 Å². The Balaban J connectivity index is 1.74. The van der Waals surface area contributed by atoms with Crippen molar-refractivity contribution in [2.75, 3.05) is 13.2 Å². The molecule has 1 aliphatic heterocycles. The molecule has 3 rings (SSSR count). The average molecular weight is 359 g/mol. The second-order valence-corrected chi connectivity index (χ2v) is 8.22. The van der Waals surface area contributed by atoms with Crippen LogP contribution in [0.1, 0.15) is 39.5 Å². The van der Waals surface area contributed by atoms with Crippen molar-refractivity contribution in [1.82, 2.24) is 9.88 Å². The van der Waals surface area contributed by atoms with Crippen LogP contribution in [-0.2, 0) is 22.5 Å². The summed E-state index contributed by atoms with van der Waals surface area (Å²) in [5.74, 6) is 0.130. The molecule has 1 aromatic heterocycles. The molecule has 1 fully saturated rings. The van der Waals surface area contributed by atoms with Crippen molar-refractivity contribution in [3.63, 3.8) is 0 Å². The zero-order valence-corrected chi connectivity index (χ0v) is 16.1. The first-order valence-electron chi connectivity index (χ1n) is 8.89. The Morgan fingerprint density at radius 1 is 1.36 bits per heavy atom. The Kier molecular flexibility index (Phi) is 5.86. The predicted molar refractivity (Wildman–Crippen MR) is 101 cm³/mol. The lowest BCUT2D eigenvalue weighted by molar-refractivity contribution is -0.132. The van der Waals surface area contributed by atoms with Gasteiger partial charge < -0.3 is 9.64 Å². The summed E-state index contributed by atoms with van der Waals surface area (Å²) in [5, 5.41) is 1.02. The average Bonchev–Trinajstić information content (AvgIpc) is 3.16. The molecule has 2 heterocycles. The molecule has 0 bridgehead atoms. The van der Waals surface area contributed by atoms with E-state index in [4.69, 9.17) is 4.74 Å². The van der Waals surface area contributed by atoms with Gasteiger partial charge in [-0.15, -0.1) is 11.3 Å². The van der Waals surface area contributed by atoms with E-state index in [1.165, 1.54) is 5.56 Å². The molecule has 1 aromatic carbocycles. The summed E-state index contributed by atoms with van der Waals surface area (Å²) >= 11 is 1.66. The molecule has 0 N–H and O–H groups in total. The standard InChI is InChI=1S/C20H26N2O2S/c1-14-6-4-7-17(10-14)12-22(13-18-8-5-9-24-18)20(23)11-19-15(2)25-16(3)21-19/h4,6-7,10,18H,5,8-9,11-13H2,1-3H3. The molecule has 1 unspecified atom stereocenters. The maximum absolute atomic E-state index is 13.0. The molecule has 1 amide bonds. The first kappa shape index (κ1) is 18.1. The van der Waals surface area contributed by atoms with Gasteiger partial charge in [0.15, 0.2) is 0 Å². The van der Waals surface area contributed by atoms with Crippen LogP contribution in [0.4, 0.5) is 0 Å². The van der Waals surface area contributed by atoms with Gasteiger partial charge in [-0.25, -0.2) is 4.98 Å². The van der Waals surface area contributed by atoms with Crippen molar-refractivity contribution < 1.29 is 9.53 Å². The Bertz CT molecular complexity index is 735. The highest BCUT2D eigenvalue weighted by atomic mass is 32.1. The normalized spacial score (nSPS) is 17.0. The third-order valence-electron chi connectivity index (χ3n) is 4.57. The van der Waals surface area contributed by atoms with Crippen LogP contribution in [0.3, 0.4) is 0 Å². The van der Waals surface area contributed by atoms with E-state index in [9.17, 15) is 4.79 Å². The third-order valence-corrected chi connectivity index (χ3v) is 5.50. The Morgan fingerprint density at radius 2 is 2.20 bits per heavy atom. The number of benzene rings is 1. The largest absolute Gasteiger partial charge is 0.376 e. The van der Waals surface area contributed by atoms with Gasteiger partial charge in [0.05, 0.1) is 23.2 Å². The lowest BCUT2D eigenvalue weighted by Gasteiger charge is -2.26. The minimum absolute atomic E-state index is 0.130. The highest BCUT2D eigenvalue weighted by molar-refractivity contribution is 7.11. The molecular weight excluding hydrogens is 332 g/mol. The number of nitrogens with zero attached hydrogens (tertiary/aromatic N) is 2. The second kappa shape index (κ2) is 8.11. The zero-order chi connectivity index (χ0) is 17.8. The van der Waals surface area contributed by atoms with Gasteiger partial charge in [-0.2, -0.15) is 0 Å². The summed E-state index contributed by atoms with van der Waals surface area (Å²) in [7, 11) is 0. The molecule has 0 aliphatic carbocycles. The van der Waals surface area contributed by atoms with Crippen molar-refractivity contribution in [1.29, 1.82) is 0 Å². The molecule has 2 aromatic rings. The number of rotatable bonds is 6. The maximum Gasteiger partial charge on any atom is 0.229 e. The number of ether oxygens (including phenoxy) is 1. The van der Waals surface area contributed by atoms with Crippen molar-refractivity contribution in [3.05, 3.63) is 51.0 Å². The summed E-state index contributed by atoms with van der Waals surface area (Å²) in [6.45, 7) is 8.21. The van der Waals surface area contributed by atoms with Gasteiger partial charge in [-0.05, 0) is 39.2 Å². The Hall–Kier alpha value is -1.72. The molecule has 1 atom stereocenters. The van der Waals surface area contributed by atoms with Gasteiger partial charge in [-0.1, -0.05) is 29.8 Å². The molecule has 134 valence electrons. The van der Waals surface area contributed by atoms with Crippen LogP contribution in [0, 0.1) is 20.8 Å². The minimum Gasteiger partial charge on any atom is -0.376 e. The fourth-order valence-corrected chi connectivity index (χ4v) is 4.15. The lowest BCUT2D eigenvalue weighted by Crippen LogP contribution is -2.38. The maximum atomic E-state index is 13.0.